The van der Waals surface area contributed by atoms with Crippen LogP contribution in [0.5, 0.6) is 0 Å². The van der Waals surface area contributed by atoms with Crippen molar-refractivity contribution >= 4 is 22.5 Å². The van der Waals surface area contributed by atoms with Gasteiger partial charge in [0, 0.05) is 6.92 Å². The lowest BCUT2D eigenvalue weighted by Gasteiger charge is -2.03. The van der Waals surface area contributed by atoms with Crippen molar-refractivity contribution in [3.05, 3.63) is 41.6 Å². The second-order valence-corrected chi connectivity index (χ2v) is 3.23. The summed E-state index contributed by atoms with van der Waals surface area (Å²) in [5, 5.41) is 11.4. The number of allylic oxidation sites excluding steroid dienone is 1. The van der Waals surface area contributed by atoms with E-state index >= 15 is 0 Å². The molecule has 1 rings (SSSR count). The molecule has 0 aliphatic carbocycles. The number of nitrogens with zero attached hydrogens (tertiary/aromatic N) is 1. The second-order valence-electron chi connectivity index (χ2n) is 2.85. The van der Waals surface area contributed by atoms with E-state index in [-0.39, 0.29) is 16.6 Å². The summed E-state index contributed by atoms with van der Waals surface area (Å²) >= 11 is 5.96. The van der Waals surface area contributed by atoms with Gasteiger partial charge in [-0.15, -0.1) is 0 Å². The molecule has 1 aromatic carbocycles. The average Bonchev–Trinajstić information content (AvgIpc) is 2.26. The SMILES string of the molecule is CC(=O)N/C(C#N)=C(\Cl)c1ccccc1. The van der Waals surface area contributed by atoms with Crippen LogP contribution in [0.25, 0.3) is 5.03 Å². The van der Waals surface area contributed by atoms with Crippen molar-refractivity contribution in [3.63, 3.8) is 0 Å². The quantitative estimate of drug-likeness (QED) is 0.778. The Morgan fingerprint density at radius 1 is 1.40 bits per heavy atom. The summed E-state index contributed by atoms with van der Waals surface area (Å²) in [7, 11) is 0. The molecule has 0 bridgehead atoms. The summed E-state index contributed by atoms with van der Waals surface area (Å²) in [6.07, 6.45) is 0. The monoisotopic (exact) mass is 220 g/mol. The standard InChI is InChI=1S/C11H9ClN2O/c1-8(15)14-10(7-13)11(12)9-5-3-2-4-6-9/h2-6H,1H3,(H,14,15)/b11-10-. The number of benzene rings is 1. The molecule has 4 heteroatoms. The predicted molar refractivity (Wildman–Crippen MR) is 58.6 cm³/mol. The lowest BCUT2D eigenvalue weighted by atomic mass is 10.2. The molecule has 0 fully saturated rings. The Balaban J connectivity index is 3.08. The summed E-state index contributed by atoms with van der Waals surface area (Å²) < 4.78 is 0. The molecule has 0 aliphatic heterocycles. The molecule has 3 nitrogen and oxygen atoms in total. The number of nitrogens with one attached hydrogen (secondary N) is 1. The maximum absolute atomic E-state index is 10.8. The number of rotatable bonds is 2. The number of hydrogen-bond donors (Lipinski definition) is 1. The van der Waals surface area contributed by atoms with Crippen molar-refractivity contribution in [2.45, 2.75) is 6.92 Å². The van der Waals surface area contributed by atoms with E-state index in [1.165, 1.54) is 6.92 Å². The second kappa shape index (κ2) is 5.18. The molecule has 1 amide bonds. The zero-order valence-corrected chi connectivity index (χ0v) is 8.88. The van der Waals surface area contributed by atoms with Crippen LogP contribution in [0, 0.1) is 11.3 Å². The van der Waals surface area contributed by atoms with Crippen LogP contribution in [-0.4, -0.2) is 5.91 Å². The van der Waals surface area contributed by atoms with Gasteiger partial charge in [-0.25, -0.2) is 0 Å². The highest BCUT2D eigenvalue weighted by molar-refractivity contribution is 6.49. The highest BCUT2D eigenvalue weighted by Gasteiger charge is 2.07. The first kappa shape index (κ1) is 11.3. The van der Waals surface area contributed by atoms with E-state index in [1.54, 1.807) is 24.3 Å². The lowest BCUT2D eigenvalue weighted by molar-refractivity contribution is -0.118. The van der Waals surface area contributed by atoms with E-state index in [0.29, 0.717) is 5.56 Å². The number of carbonyl (C=O) groups is 1. The topological polar surface area (TPSA) is 52.9 Å². The molecule has 0 unspecified atom stereocenters. The molecule has 76 valence electrons. The first-order valence-corrected chi connectivity index (χ1v) is 4.66. The molecular weight excluding hydrogens is 212 g/mol. The summed E-state index contributed by atoms with van der Waals surface area (Å²) in [6.45, 7) is 1.33. The molecule has 1 aromatic rings. The van der Waals surface area contributed by atoms with Gasteiger partial charge in [-0.2, -0.15) is 5.26 Å². The Labute approximate surface area is 93.0 Å². The number of nitriles is 1. The third kappa shape index (κ3) is 3.12. The summed E-state index contributed by atoms with van der Waals surface area (Å²) in [6, 6.07) is 10.8. The van der Waals surface area contributed by atoms with Gasteiger partial charge in [0.05, 0.1) is 5.03 Å². The molecule has 1 N–H and O–H groups in total. The molecule has 0 radical (unpaired) electrons. The molecular formula is C11H9ClN2O. The Morgan fingerprint density at radius 3 is 2.47 bits per heavy atom. The third-order valence-corrected chi connectivity index (χ3v) is 2.07. The summed E-state index contributed by atoms with van der Waals surface area (Å²) in [5.74, 6) is -0.319. The van der Waals surface area contributed by atoms with Gasteiger partial charge in [-0.3, -0.25) is 4.79 Å². The molecule has 0 saturated heterocycles. The average molecular weight is 221 g/mol. The van der Waals surface area contributed by atoms with E-state index in [1.807, 2.05) is 12.1 Å². The lowest BCUT2D eigenvalue weighted by Crippen LogP contribution is -2.18. The molecule has 0 aromatic heterocycles. The van der Waals surface area contributed by atoms with Crippen molar-refractivity contribution in [1.82, 2.24) is 5.32 Å². The van der Waals surface area contributed by atoms with Gasteiger partial charge < -0.3 is 5.32 Å². The normalized spacial score (nSPS) is 11.3. The largest absolute Gasteiger partial charge is 0.316 e. The number of halogens is 1. The number of amides is 1. The van der Waals surface area contributed by atoms with Gasteiger partial charge in [0.25, 0.3) is 0 Å². The van der Waals surface area contributed by atoms with Gasteiger partial charge >= 0.3 is 0 Å². The van der Waals surface area contributed by atoms with Gasteiger partial charge in [-0.05, 0) is 5.56 Å². The Hall–Kier alpha value is -1.79. The smallest absolute Gasteiger partial charge is 0.221 e. The van der Waals surface area contributed by atoms with Crippen LogP contribution < -0.4 is 5.32 Å². The van der Waals surface area contributed by atoms with Gasteiger partial charge in [0.1, 0.15) is 11.8 Å². The zero-order chi connectivity index (χ0) is 11.3. The molecule has 0 heterocycles. The first-order valence-electron chi connectivity index (χ1n) is 4.28. The van der Waals surface area contributed by atoms with E-state index < -0.39 is 0 Å². The van der Waals surface area contributed by atoms with Crippen LogP contribution in [0.1, 0.15) is 12.5 Å². The highest BCUT2D eigenvalue weighted by Crippen LogP contribution is 2.20. The maximum atomic E-state index is 10.8. The van der Waals surface area contributed by atoms with E-state index in [0.717, 1.165) is 0 Å². The van der Waals surface area contributed by atoms with Crippen molar-refractivity contribution in [2.24, 2.45) is 0 Å². The first-order chi connectivity index (χ1) is 7.15. The molecule has 0 saturated carbocycles. The number of carbonyl (C=O) groups excluding carboxylic acids is 1. The minimum atomic E-state index is -0.319. The van der Waals surface area contributed by atoms with Crippen LogP contribution in [0.3, 0.4) is 0 Å². The molecule has 0 aliphatic rings. The van der Waals surface area contributed by atoms with Gasteiger partial charge in [0.15, 0.2) is 0 Å². The van der Waals surface area contributed by atoms with Crippen LogP contribution in [-0.2, 0) is 4.79 Å². The van der Waals surface area contributed by atoms with Crippen molar-refractivity contribution in [3.8, 4) is 6.07 Å². The van der Waals surface area contributed by atoms with Crippen molar-refractivity contribution < 1.29 is 4.79 Å². The molecule has 15 heavy (non-hydrogen) atoms. The van der Waals surface area contributed by atoms with Crippen LogP contribution >= 0.6 is 11.6 Å². The number of hydrogen-bond acceptors (Lipinski definition) is 2. The fourth-order valence-corrected chi connectivity index (χ4v) is 1.25. The third-order valence-electron chi connectivity index (χ3n) is 1.66. The zero-order valence-electron chi connectivity index (χ0n) is 8.12. The highest BCUT2D eigenvalue weighted by atomic mass is 35.5. The molecule has 0 spiro atoms. The van der Waals surface area contributed by atoms with Crippen LogP contribution in [0.15, 0.2) is 36.0 Å². The predicted octanol–water partition coefficient (Wildman–Crippen LogP) is 2.25. The fourth-order valence-electron chi connectivity index (χ4n) is 1.04. The summed E-state index contributed by atoms with van der Waals surface area (Å²) in [4.78, 5) is 10.8. The maximum Gasteiger partial charge on any atom is 0.221 e. The van der Waals surface area contributed by atoms with E-state index in [2.05, 4.69) is 5.32 Å². The Bertz CT molecular complexity index is 432. The van der Waals surface area contributed by atoms with Gasteiger partial charge in [-0.1, -0.05) is 41.9 Å². The Morgan fingerprint density at radius 2 is 2.00 bits per heavy atom. The Kier molecular flexibility index (Phi) is 3.90. The van der Waals surface area contributed by atoms with Gasteiger partial charge in [0.2, 0.25) is 5.91 Å². The van der Waals surface area contributed by atoms with E-state index in [4.69, 9.17) is 16.9 Å². The van der Waals surface area contributed by atoms with Crippen LogP contribution in [0.2, 0.25) is 0 Å². The minimum absolute atomic E-state index is 0.0652. The van der Waals surface area contributed by atoms with Crippen molar-refractivity contribution in [2.75, 3.05) is 0 Å². The van der Waals surface area contributed by atoms with Crippen molar-refractivity contribution in [1.29, 1.82) is 5.26 Å². The minimum Gasteiger partial charge on any atom is -0.316 e. The summed E-state index contributed by atoms with van der Waals surface area (Å²) in [5.41, 5.74) is 0.764. The molecule has 0 atom stereocenters. The van der Waals surface area contributed by atoms with E-state index in [9.17, 15) is 4.79 Å². The van der Waals surface area contributed by atoms with Crippen LogP contribution in [0.4, 0.5) is 0 Å². The fraction of sp³-hybridized carbons (Fsp3) is 0.0909.